The van der Waals surface area contributed by atoms with Crippen LogP contribution in [0.3, 0.4) is 0 Å². The minimum atomic E-state index is -0.487. The average Bonchev–Trinajstić information content (AvgIpc) is 2.03. The van der Waals surface area contributed by atoms with Crippen molar-refractivity contribution in [3.05, 3.63) is 4.91 Å². The van der Waals surface area contributed by atoms with Gasteiger partial charge in [0.2, 0.25) is 0 Å². The van der Waals surface area contributed by atoms with E-state index in [1.165, 1.54) is 6.42 Å². The van der Waals surface area contributed by atoms with Crippen molar-refractivity contribution >= 4 is 15.9 Å². The largest absolute Gasteiger partial charge is 0.160 e. The average molecular weight is 248 g/mol. The van der Waals surface area contributed by atoms with Crippen molar-refractivity contribution in [1.29, 1.82) is 0 Å². The summed E-state index contributed by atoms with van der Waals surface area (Å²) in [6.45, 7) is 6.53. The molecule has 0 aromatic carbocycles. The molecule has 1 fully saturated rings. The molecule has 0 radical (unpaired) electrons. The van der Waals surface area contributed by atoms with Crippen LogP contribution in [-0.4, -0.2) is 4.45 Å². The number of rotatable bonds is 2. The van der Waals surface area contributed by atoms with Crippen LogP contribution < -0.4 is 0 Å². The van der Waals surface area contributed by atoms with E-state index in [4.69, 9.17) is 0 Å². The summed E-state index contributed by atoms with van der Waals surface area (Å²) < 4.78 is -0.487. The highest BCUT2D eigenvalue weighted by molar-refractivity contribution is 9.10. The second kappa shape index (κ2) is 4.07. The van der Waals surface area contributed by atoms with Crippen LogP contribution in [0, 0.1) is 22.7 Å². The molecule has 0 N–H and O–H groups in total. The van der Waals surface area contributed by atoms with E-state index >= 15 is 0 Å². The van der Waals surface area contributed by atoms with Crippen molar-refractivity contribution in [1.82, 2.24) is 0 Å². The maximum Gasteiger partial charge on any atom is 0.160 e. The molecular weight excluding hydrogens is 230 g/mol. The molecule has 3 atom stereocenters. The van der Waals surface area contributed by atoms with Gasteiger partial charge in [-0.1, -0.05) is 48.3 Å². The number of hydrogen-bond acceptors (Lipinski definition) is 2. The second-order valence-corrected chi connectivity index (χ2v) is 6.02. The van der Waals surface area contributed by atoms with Crippen LogP contribution in [0.1, 0.15) is 40.0 Å². The molecule has 76 valence electrons. The summed E-state index contributed by atoms with van der Waals surface area (Å²) in [5.41, 5.74) is 0. The van der Waals surface area contributed by atoms with Crippen LogP contribution in [0.5, 0.6) is 0 Å². The Labute approximate surface area is 88.6 Å². The number of nitroso groups, excluding NO2 is 1. The van der Waals surface area contributed by atoms with Gasteiger partial charge in [-0.3, -0.25) is 0 Å². The van der Waals surface area contributed by atoms with Gasteiger partial charge in [0, 0.05) is 0 Å². The smallest absolute Gasteiger partial charge is 0.149 e. The number of halogens is 1. The van der Waals surface area contributed by atoms with E-state index in [0.717, 1.165) is 12.8 Å². The fourth-order valence-electron chi connectivity index (χ4n) is 2.38. The minimum absolute atomic E-state index is 0.404. The molecule has 3 heteroatoms. The van der Waals surface area contributed by atoms with E-state index in [-0.39, 0.29) is 0 Å². The van der Waals surface area contributed by atoms with Gasteiger partial charge in [-0.15, -0.1) is 4.91 Å². The van der Waals surface area contributed by atoms with Crippen LogP contribution in [0.2, 0.25) is 0 Å². The van der Waals surface area contributed by atoms with Gasteiger partial charge >= 0.3 is 0 Å². The molecule has 0 amide bonds. The molecule has 1 aliphatic carbocycles. The predicted octanol–water partition coefficient (Wildman–Crippen LogP) is 3.94. The molecule has 0 aromatic rings. The summed E-state index contributed by atoms with van der Waals surface area (Å²) in [6, 6.07) is 0. The maximum absolute atomic E-state index is 10.8. The molecule has 1 rings (SSSR count). The van der Waals surface area contributed by atoms with Gasteiger partial charge in [-0.2, -0.15) is 0 Å². The Kier molecular flexibility index (Phi) is 3.50. The molecule has 2 nitrogen and oxygen atoms in total. The Morgan fingerprint density at radius 3 is 2.54 bits per heavy atom. The van der Waals surface area contributed by atoms with Gasteiger partial charge in [0.1, 0.15) is 0 Å². The van der Waals surface area contributed by atoms with Crippen molar-refractivity contribution in [3.63, 3.8) is 0 Å². The zero-order valence-electron chi connectivity index (χ0n) is 8.59. The van der Waals surface area contributed by atoms with E-state index in [1.54, 1.807) is 0 Å². The van der Waals surface area contributed by atoms with Crippen molar-refractivity contribution in [2.24, 2.45) is 22.9 Å². The summed E-state index contributed by atoms with van der Waals surface area (Å²) in [5.74, 6) is 1.55. The highest BCUT2D eigenvalue weighted by Gasteiger charge is 2.43. The van der Waals surface area contributed by atoms with Gasteiger partial charge in [0.15, 0.2) is 4.45 Å². The third-order valence-corrected chi connectivity index (χ3v) is 4.19. The maximum atomic E-state index is 10.8. The van der Waals surface area contributed by atoms with Gasteiger partial charge in [0.05, 0.1) is 0 Å². The van der Waals surface area contributed by atoms with Crippen LogP contribution in [0.4, 0.5) is 0 Å². The lowest BCUT2D eigenvalue weighted by Crippen LogP contribution is -2.38. The second-order valence-electron chi connectivity index (χ2n) is 4.65. The van der Waals surface area contributed by atoms with Gasteiger partial charge in [-0.25, -0.2) is 0 Å². The summed E-state index contributed by atoms with van der Waals surface area (Å²) in [5, 5.41) is 3.30. The first kappa shape index (κ1) is 11.2. The molecule has 0 spiro atoms. The number of hydrogen-bond donors (Lipinski definition) is 0. The zero-order chi connectivity index (χ0) is 10.1. The highest BCUT2D eigenvalue weighted by atomic mass is 79.9. The lowest BCUT2D eigenvalue weighted by atomic mass is 9.74. The lowest BCUT2D eigenvalue weighted by Gasteiger charge is -2.39. The molecule has 0 saturated heterocycles. The lowest BCUT2D eigenvalue weighted by molar-refractivity contribution is 0.182. The molecule has 0 aliphatic heterocycles. The minimum Gasteiger partial charge on any atom is -0.149 e. The monoisotopic (exact) mass is 247 g/mol. The topological polar surface area (TPSA) is 29.4 Å². The SMILES string of the molecule is CC(C)[C@@H]1CC[C@@H](C)C[C@@]1(Br)N=O. The Morgan fingerprint density at radius 2 is 2.08 bits per heavy atom. The predicted molar refractivity (Wildman–Crippen MR) is 58.8 cm³/mol. The van der Waals surface area contributed by atoms with Gasteiger partial charge in [-0.05, 0) is 30.6 Å². The molecule has 13 heavy (non-hydrogen) atoms. The summed E-state index contributed by atoms with van der Waals surface area (Å²) in [6.07, 6.45) is 3.24. The fourth-order valence-corrected chi connectivity index (χ4v) is 3.69. The summed E-state index contributed by atoms with van der Waals surface area (Å²) in [4.78, 5) is 10.8. The molecule has 0 bridgehead atoms. The van der Waals surface area contributed by atoms with E-state index in [2.05, 4.69) is 41.9 Å². The quantitative estimate of drug-likeness (QED) is 0.413. The van der Waals surface area contributed by atoms with Crippen molar-refractivity contribution in [2.75, 3.05) is 0 Å². The van der Waals surface area contributed by atoms with Crippen molar-refractivity contribution in [2.45, 2.75) is 44.5 Å². The van der Waals surface area contributed by atoms with Gasteiger partial charge < -0.3 is 0 Å². The van der Waals surface area contributed by atoms with Crippen LogP contribution in [0.15, 0.2) is 5.18 Å². The molecule has 0 unspecified atom stereocenters. The fraction of sp³-hybridized carbons (Fsp3) is 1.00. The first-order chi connectivity index (χ1) is 5.99. The Hall–Kier alpha value is 0.0800. The van der Waals surface area contributed by atoms with Gasteiger partial charge in [0.25, 0.3) is 0 Å². The highest BCUT2D eigenvalue weighted by Crippen LogP contribution is 2.47. The Balaban J connectivity index is 2.78. The first-order valence-electron chi connectivity index (χ1n) is 5.03. The van der Waals surface area contributed by atoms with Crippen LogP contribution in [-0.2, 0) is 0 Å². The van der Waals surface area contributed by atoms with Crippen molar-refractivity contribution < 1.29 is 0 Å². The molecular formula is C10H18BrNO. The third-order valence-electron chi connectivity index (χ3n) is 3.13. The van der Waals surface area contributed by atoms with E-state index in [0.29, 0.717) is 17.8 Å². The third kappa shape index (κ3) is 2.30. The molecule has 1 saturated carbocycles. The first-order valence-corrected chi connectivity index (χ1v) is 5.82. The Bertz CT molecular complexity index is 195. The van der Waals surface area contributed by atoms with Crippen molar-refractivity contribution in [3.8, 4) is 0 Å². The number of alkyl halides is 1. The Morgan fingerprint density at radius 1 is 1.46 bits per heavy atom. The molecule has 0 aromatic heterocycles. The normalized spacial score (nSPS) is 40.7. The summed E-state index contributed by atoms with van der Waals surface area (Å²) >= 11 is 3.52. The zero-order valence-corrected chi connectivity index (χ0v) is 10.2. The van der Waals surface area contributed by atoms with E-state index in [1.807, 2.05) is 0 Å². The number of nitrogens with zero attached hydrogens (tertiary/aromatic N) is 1. The van der Waals surface area contributed by atoms with E-state index < -0.39 is 4.45 Å². The molecule has 1 aliphatic rings. The van der Waals surface area contributed by atoms with Crippen LogP contribution in [0.25, 0.3) is 0 Å². The molecule has 0 heterocycles. The summed E-state index contributed by atoms with van der Waals surface area (Å²) in [7, 11) is 0. The standard InChI is InChI=1S/C10H18BrNO/c1-7(2)9-5-4-8(3)6-10(9,11)12-13/h7-9H,4-6H2,1-3H3/t8-,9+,10-/m1/s1. The van der Waals surface area contributed by atoms with E-state index in [9.17, 15) is 4.91 Å². The van der Waals surface area contributed by atoms with Crippen LogP contribution >= 0.6 is 15.9 Å².